The van der Waals surface area contributed by atoms with E-state index < -0.39 is 17.3 Å². The van der Waals surface area contributed by atoms with Gasteiger partial charge in [0, 0.05) is 32.4 Å². The van der Waals surface area contributed by atoms with Gasteiger partial charge in [-0.1, -0.05) is 55.5 Å². The van der Waals surface area contributed by atoms with Crippen molar-refractivity contribution in [3.05, 3.63) is 84.4 Å². The zero-order chi connectivity index (χ0) is 36.5. The first-order valence-electron chi connectivity index (χ1n) is 17.2. The predicted molar refractivity (Wildman–Crippen MR) is 200 cm³/mol. The maximum absolute atomic E-state index is 13.0. The quantitative estimate of drug-likeness (QED) is 0.188. The molecule has 5 rings (SSSR count). The third-order valence-corrected chi connectivity index (χ3v) is 8.93. The highest BCUT2D eigenvalue weighted by Crippen LogP contribution is 2.36. The number of imidazole rings is 1. The molecule has 1 aliphatic heterocycles. The summed E-state index contributed by atoms with van der Waals surface area (Å²) in [6, 6.07) is 20.8. The summed E-state index contributed by atoms with van der Waals surface area (Å²) >= 11 is 0. The van der Waals surface area contributed by atoms with Crippen LogP contribution in [0, 0.1) is 5.92 Å². The molecule has 2 amide bonds. The first-order valence-corrected chi connectivity index (χ1v) is 17.2. The van der Waals surface area contributed by atoms with E-state index in [0.717, 1.165) is 51.0 Å². The molecule has 0 spiro atoms. The van der Waals surface area contributed by atoms with E-state index in [-0.39, 0.29) is 18.3 Å². The average Bonchev–Trinajstić information content (AvgIpc) is 3.69. The average molecular weight is 681 g/mol. The number of carbonyl (C=O) groups excluding carboxylic acids is 2. The Morgan fingerprint density at radius 3 is 2.12 bits per heavy atom. The van der Waals surface area contributed by atoms with Crippen LogP contribution < -0.4 is 5.73 Å². The number of nitrogens with one attached hydrogen (secondary N) is 1. The van der Waals surface area contributed by atoms with E-state index in [1.165, 1.54) is 0 Å². The number of aromatic amines is 1. The third kappa shape index (κ3) is 8.59. The number of likely N-dealkylation sites (tertiary alicyclic amines) is 1. The Labute approximate surface area is 296 Å². The molecule has 50 heavy (non-hydrogen) atoms. The Morgan fingerprint density at radius 1 is 0.920 bits per heavy atom. The summed E-state index contributed by atoms with van der Waals surface area (Å²) < 4.78 is 11.2. The fourth-order valence-electron chi connectivity index (χ4n) is 6.09. The lowest BCUT2D eigenvalue weighted by Gasteiger charge is -2.33. The monoisotopic (exact) mass is 680 g/mol. The Kier molecular flexibility index (Phi) is 10.2. The Balaban J connectivity index is 1.27. The van der Waals surface area contributed by atoms with Gasteiger partial charge in [0.15, 0.2) is 0 Å². The van der Waals surface area contributed by atoms with Crippen molar-refractivity contribution in [2.75, 3.05) is 20.6 Å². The van der Waals surface area contributed by atoms with Gasteiger partial charge in [0.1, 0.15) is 23.2 Å². The molecule has 10 heteroatoms. The normalized spacial score (nSPS) is 17.5. The molecule has 3 aromatic carbocycles. The number of nitrogens with zero attached hydrogens (tertiary/aromatic N) is 4. The summed E-state index contributed by atoms with van der Waals surface area (Å²) in [7, 11) is 3.60. The fourth-order valence-corrected chi connectivity index (χ4v) is 6.09. The highest BCUT2D eigenvalue weighted by molar-refractivity contribution is 5.90. The molecule has 1 saturated heterocycles. The second-order valence-electron chi connectivity index (χ2n) is 15.5. The lowest BCUT2D eigenvalue weighted by atomic mass is 9.98. The smallest absolute Gasteiger partial charge is 0.411 e. The van der Waals surface area contributed by atoms with E-state index >= 15 is 0 Å². The van der Waals surface area contributed by atoms with E-state index in [9.17, 15) is 9.59 Å². The molecule has 0 radical (unpaired) electrons. The second-order valence-corrected chi connectivity index (χ2v) is 15.5. The molecule has 0 bridgehead atoms. The van der Waals surface area contributed by atoms with Crippen molar-refractivity contribution in [2.45, 2.75) is 85.2 Å². The van der Waals surface area contributed by atoms with Gasteiger partial charge >= 0.3 is 12.2 Å². The number of ether oxygens (including phenoxy) is 2. The minimum absolute atomic E-state index is 0.149. The molecule has 10 nitrogen and oxygen atoms in total. The SMILES string of the molecule is CC(N(C)/C=C(\N)c1ccc(-c2ccc3cc(-c4cnc([C@@H]5C[C@H](C)CN5C(=O)OC(C)(C)C)[nH]4)ccc3c2)cc1)N(C)C(=O)OC(C)(C)C. The largest absolute Gasteiger partial charge is 0.444 e. The van der Waals surface area contributed by atoms with Gasteiger partial charge in [-0.15, -0.1) is 0 Å². The number of H-pyrrole nitrogens is 1. The van der Waals surface area contributed by atoms with Crippen molar-refractivity contribution in [3.8, 4) is 22.4 Å². The third-order valence-electron chi connectivity index (χ3n) is 8.93. The number of aromatic nitrogens is 2. The minimum atomic E-state index is -0.567. The second kappa shape index (κ2) is 14.1. The molecular formula is C40H52N6O4. The van der Waals surface area contributed by atoms with Crippen molar-refractivity contribution in [1.82, 2.24) is 24.7 Å². The van der Waals surface area contributed by atoms with Crippen LogP contribution in [0.3, 0.4) is 0 Å². The van der Waals surface area contributed by atoms with Gasteiger partial charge in [-0.3, -0.25) is 9.80 Å². The van der Waals surface area contributed by atoms with Crippen molar-refractivity contribution >= 4 is 28.7 Å². The molecule has 1 fully saturated rings. The summed E-state index contributed by atoms with van der Waals surface area (Å²) in [6.45, 7) is 15.9. The van der Waals surface area contributed by atoms with Gasteiger partial charge in [0.05, 0.1) is 23.6 Å². The summed E-state index contributed by atoms with van der Waals surface area (Å²) in [6.07, 6.45) is 3.56. The topological polar surface area (TPSA) is 117 Å². The van der Waals surface area contributed by atoms with Crippen molar-refractivity contribution in [2.24, 2.45) is 11.7 Å². The van der Waals surface area contributed by atoms with Gasteiger partial charge in [-0.25, -0.2) is 14.6 Å². The number of carbonyl (C=O) groups is 2. The lowest BCUT2D eigenvalue weighted by molar-refractivity contribution is 0.0113. The molecule has 3 N–H and O–H groups in total. The van der Waals surface area contributed by atoms with Crippen molar-refractivity contribution in [1.29, 1.82) is 0 Å². The predicted octanol–water partition coefficient (Wildman–Crippen LogP) is 8.62. The lowest BCUT2D eigenvalue weighted by Crippen LogP contribution is -2.45. The minimum Gasteiger partial charge on any atom is -0.444 e. The Bertz CT molecular complexity index is 1870. The molecule has 1 aromatic heterocycles. The first kappa shape index (κ1) is 36.3. The van der Waals surface area contributed by atoms with Gasteiger partial charge in [-0.05, 0) is 100 Å². The number of benzene rings is 3. The highest BCUT2D eigenvalue weighted by atomic mass is 16.6. The molecule has 266 valence electrons. The van der Waals surface area contributed by atoms with Gasteiger partial charge in [-0.2, -0.15) is 0 Å². The summed E-state index contributed by atoms with van der Waals surface area (Å²) in [5, 5.41) is 2.24. The Morgan fingerprint density at radius 2 is 1.50 bits per heavy atom. The molecule has 3 atom stereocenters. The van der Waals surface area contributed by atoms with Crippen LogP contribution >= 0.6 is 0 Å². The summed E-state index contributed by atoms with van der Waals surface area (Å²) in [4.78, 5) is 38.9. The van der Waals surface area contributed by atoms with Gasteiger partial charge < -0.3 is 25.1 Å². The summed E-state index contributed by atoms with van der Waals surface area (Å²) in [5.74, 6) is 1.13. The van der Waals surface area contributed by atoms with Crippen LogP contribution in [0.2, 0.25) is 0 Å². The van der Waals surface area contributed by atoms with Crippen LogP contribution in [0.4, 0.5) is 9.59 Å². The van der Waals surface area contributed by atoms with Crippen LogP contribution in [0.1, 0.15) is 79.2 Å². The number of amides is 2. The van der Waals surface area contributed by atoms with E-state index in [1.54, 1.807) is 16.8 Å². The molecule has 1 unspecified atom stereocenters. The number of hydrogen-bond donors (Lipinski definition) is 2. The molecule has 0 saturated carbocycles. The van der Waals surface area contributed by atoms with Crippen LogP contribution in [-0.2, 0) is 9.47 Å². The maximum atomic E-state index is 13.0. The fraction of sp³-hybridized carbons (Fsp3) is 0.425. The van der Waals surface area contributed by atoms with Crippen LogP contribution in [0.25, 0.3) is 38.9 Å². The number of rotatable bonds is 7. The van der Waals surface area contributed by atoms with E-state index in [0.29, 0.717) is 18.2 Å². The highest BCUT2D eigenvalue weighted by Gasteiger charge is 2.38. The number of fused-ring (bicyclic) bond motifs is 1. The number of hydrogen-bond acceptors (Lipinski definition) is 7. The molecular weight excluding hydrogens is 628 g/mol. The summed E-state index contributed by atoms with van der Waals surface area (Å²) in [5.41, 5.74) is 11.0. The van der Waals surface area contributed by atoms with E-state index in [4.69, 9.17) is 20.2 Å². The Hall–Kier alpha value is -4.99. The molecule has 1 aliphatic rings. The molecule has 2 heterocycles. The van der Waals surface area contributed by atoms with Crippen molar-refractivity contribution < 1.29 is 19.1 Å². The van der Waals surface area contributed by atoms with Crippen LogP contribution in [-0.4, -0.2) is 74.9 Å². The standard InChI is InChI=1S/C40H52N6O4/c1-25-19-35(46(23-25)38(48)50-40(6,7)8)36-42-22-34(43-36)32-18-17-30-20-29(15-16-31(30)21-32)27-11-13-28(14-12-27)33(41)24-44(9)26(2)45(10)37(47)49-39(3,4)5/h11-18,20-22,24-26,35H,19,23,41H2,1-10H3,(H,42,43)/b33-24-/t25-,26?,35-/m0/s1. The van der Waals surface area contributed by atoms with Gasteiger partial charge in [0.25, 0.3) is 0 Å². The van der Waals surface area contributed by atoms with Gasteiger partial charge in [0.2, 0.25) is 0 Å². The molecule has 0 aliphatic carbocycles. The van der Waals surface area contributed by atoms with Crippen molar-refractivity contribution in [3.63, 3.8) is 0 Å². The maximum Gasteiger partial charge on any atom is 0.411 e. The van der Waals surface area contributed by atoms with E-state index in [2.05, 4.69) is 60.4 Å². The van der Waals surface area contributed by atoms with Crippen LogP contribution in [0.5, 0.6) is 0 Å². The zero-order valence-corrected chi connectivity index (χ0v) is 31.1. The zero-order valence-electron chi connectivity index (χ0n) is 31.1. The van der Waals surface area contributed by atoms with Crippen LogP contribution in [0.15, 0.2) is 73.1 Å². The number of nitrogens with two attached hydrogens (primary N) is 1. The van der Waals surface area contributed by atoms with E-state index in [1.807, 2.05) is 84.9 Å². The first-order chi connectivity index (χ1) is 23.4. The molecule has 4 aromatic rings.